The molecule has 28 heavy (non-hydrogen) atoms. The number of ether oxygens (including phenoxy) is 2. The molecule has 0 N–H and O–H groups in total. The average molecular weight is 378 g/mol. The summed E-state index contributed by atoms with van der Waals surface area (Å²) in [5, 5.41) is 0. The third kappa shape index (κ3) is 3.26. The molecule has 2 aromatic carbocycles. The van der Waals surface area contributed by atoms with E-state index in [0.29, 0.717) is 29.4 Å². The van der Waals surface area contributed by atoms with Gasteiger partial charge < -0.3 is 9.47 Å². The normalized spacial score (nSPS) is 26.6. The lowest BCUT2D eigenvalue weighted by Gasteiger charge is -2.31. The first kappa shape index (κ1) is 18.9. The van der Waals surface area contributed by atoms with Crippen LogP contribution in [0.15, 0.2) is 48.5 Å². The molecule has 0 radical (unpaired) electrons. The molecule has 146 valence electrons. The number of hydrogen-bond donors (Lipinski definition) is 0. The Labute approximate surface area is 165 Å². The zero-order chi connectivity index (χ0) is 19.7. The number of Topliss-reactive ketones (excluding diaryl/α,β-unsaturated/α-hetero) is 1. The topological polar surface area (TPSA) is 52.6 Å². The molecule has 4 heteroatoms. The van der Waals surface area contributed by atoms with Crippen LogP contribution in [-0.4, -0.2) is 18.9 Å². The summed E-state index contributed by atoms with van der Waals surface area (Å²) in [6, 6.07) is 15.8. The Balaban J connectivity index is 1.43. The minimum atomic E-state index is -1.58. The number of cyclic esters (lactones) is 1. The molecule has 0 amide bonds. The Morgan fingerprint density at radius 2 is 1.75 bits per heavy atom. The standard InChI is InChI=1S/C24H26O4/c1-16-7-11-18(12-8-16)19-13-9-17(10-14-19)15-22(25)24(27-2)21-6-4-3-5-20(21)23(26)28-24/h3-8,11-12,17,19H,9-10,13-15H2,1-2H3. The second kappa shape index (κ2) is 7.51. The van der Waals surface area contributed by atoms with Crippen molar-refractivity contribution < 1.29 is 19.1 Å². The Morgan fingerprint density at radius 3 is 2.43 bits per heavy atom. The van der Waals surface area contributed by atoms with E-state index in [-0.39, 0.29) is 5.78 Å². The van der Waals surface area contributed by atoms with E-state index in [1.807, 2.05) is 0 Å². The largest absolute Gasteiger partial charge is 0.417 e. The summed E-state index contributed by atoms with van der Waals surface area (Å²) in [4.78, 5) is 25.4. The maximum atomic E-state index is 13.2. The molecule has 1 aliphatic carbocycles. The number of hydrogen-bond acceptors (Lipinski definition) is 4. The smallest absolute Gasteiger partial charge is 0.341 e. The number of esters is 1. The van der Waals surface area contributed by atoms with E-state index in [0.717, 1.165) is 25.7 Å². The fourth-order valence-electron chi connectivity index (χ4n) is 4.60. The molecule has 0 spiro atoms. The van der Waals surface area contributed by atoms with Crippen molar-refractivity contribution in [3.05, 3.63) is 70.8 Å². The van der Waals surface area contributed by atoms with E-state index < -0.39 is 11.8 Å². The molecule has 4 rings (SSSR count). The van der Waals surface area contributed by atoms with Gasteiger partial charge in [-0.1, -0.05) is 48.0 Å². The minimum Gasteiger partial charge on any atom is -0.417 e. The monoisotopic (exact) mass is 378 g/mol. The number of methoxy groups -OCH3 is 1. The van der Waals surface area contributed by atoms with E-state index in [1.54, 1.807) is 24.3 Å². The van der Waals surface area contributed by atoms with Crippen LogP contribution >= 0.6 is 0 Å². The highest BCUT2D eigenvalue weighted by atomic mass is 16.7. The van der Waals surface area contributed by atoms with Crippen molar-refractivity contribution in [2.45, 2.75) is 50.7 Å². The van der Waals surface area contributed by atoms with Gasteiger partial charge in [0, 0.05) is 19.1 Å². The van der Waals surface area contributed by atoms with Crippen LogP contribution in [0.4, 0.5) is 0 Å². The molecule has 1 unspecified atom stereocenters. The van der Waals surface area contributed by atoms with Gasteiger partial charge in [-0.2, -0.15) is 0 Å². The summed E-state index contributed by atoms with van der Waals surface area (Å²) in [5.41, 5.74) is 3.61. The highest BCUT2D eigenvalue weighted by molar-refractivity contribution is 6.02. The summed E-state index contributed by atoms with van der Waals surface area (Å²) in [6.07, 6.45) is 4.53. The number of carbonyl (C=O) groups is 2. The summed E-state index contributed by atoms with van der Waals surface area (Å²) < 4.78 is 11.0. The fraction of sp³-hybridized carbons (Fsp3) is 0.417. The quantitative estimate of drug-likeness (QED) is 0.695. The first-order chi connectivity index (χ1) is 13.5. The van der Waals surface area contributed by atoms with Crippen LogP contribution in [0.3, 0.4) is 0 Å². The molecule has 0 bridgehead atoms. The van der Waals surface area contributed by atoms with Crippen LogP contribution in [0, 0.1) is 12.8 Å². The van der Waals surface area contributed by atoms with Gasteiger partial charge in [-0.3, -0.25) is 4.79 Å². The van der Waals surface area contributed by atoms with Gasteiger partial charge in [-0.25, -0.2) is 4.79 Å². The molecule has 4 nitrogen and oxygen atoms in total. The van der Waals surface area contributed by atoms with Crippen molar-refractivity contribution in [1.82, 2.24) is 0 Å². The van der Waals surface area contributed by atoms with Crippen molar-refractivity contribution in [2.75, 3.05) is 7.11 Å². The zero-order valence-electron chi connectivity index (χ0n) is 16.4. The first-order valence-electron chi connectivity index (χ1n) is 10.0. The third-order valence-corrected chi connectivity index (χ3v) is 6.26. The van der Waals surface area contributed by atoms with Gasteiger partial charge in [0.05, 0.1) is 5.56 Å². The van der Waals surface area contributed by atoms with Gasteiger partial charge in [0.1, 0.15) is 0 Å². The highest BCUT2D eigenvalue weighted by Gasteiger charge is 2.52. The predicted molar refractivity (Wildman–Crippen MR) is 106 cm³/mol. The van der Waals surface area contributed by atoms with Crippen LogP contribution in [0.25, 0.3) is 0 Å². The molecule has 1 saturated carbocycles. The van der Waals surface area contributed by atoms with E-state index in [9.17, 15) is 9.59 Å². The average Bonchev–Trinajstić information content (AvgIpc) is 3.03. The zero-order valence-corrected chi connectivity index (χ0v) is 16.4. The molecule has 1 fully saturated rings. The van der Waals surface area contributed by atoms with Gasteiger partial charge >= 0.3 is 11.8 Å². The number of benzene rings is 2. The molecule has 2 aromatic rings. The highest BCUT2D eigenvalue weighted by Crippen LogP contribution is 2.42. The molecule has 2 aliphatic rings. The van der Waals surface area contributed by atoms with Gasteiger partial charge in [0.15, 0.2) is 0 Å². The molecular formula is C24H26O4. The molecule has 1 heterocycles. The summed E-state index contributed by atoms with van der Waals surface area (Å²) >= 11 is 0. The number of ketones is 1. The molecule has 0 saturated heterocycles. The van der Waals surface area contributed by atoms with E-state index in [1.165, 1.54) is 18.2 Å². The Morgan fingerprint density at radius 1 is 1.07 bits per heavy atom. The predicted octanol–water partition coefficient (Wildman–Crippen LogP) is 4.90. The van der Waals surface area contributed by atoms with Crippen molar-refractivity contribution in [1.29, 1.82) is 0 Å². The van der Waals surface area contributed by atoms with Gasteiger partial charge in [0.2, 0.25) is 5.78 Å². The van der Waals surface area contributed by atoms with E-state index in [4.69, 9.17) is 9.47 Å². The first-order valence-corrected chi connectivity index (χ1v) is 10.0. The lowest BCUT2D eigenvalue weighted by molar-refractivity contribution is -0.196. The Kier molecular flexibility index (Phi) is 5.07. The van der Waals surface area contributed by atoms with Crippen molar-refractivity contribution >= 4 is 11.8 Å². The van der Waals surface area contributed by atoms with E-state index in [2.05, 4.69) is 31.2 Å². The Bertz CT molecular complexity index is 878. The van der Waals surface area contributed by atoms with Gasteiger partial charge in [0.25, 0.3) is 0 Å². The van der Waals surface area contributed by atoms with Crippen molar-refractivity contribution in [3.8, 4) is 0 Å². The third-order valence-electron chi connectivity index (χ3n) is 6.26. The maximum absolute atomic E-state index is 13.2. The van der Waals surface area contributed by atoms with Crippen LogP contribution in [0.2, 0.25) is 0 Å². The lowest BCUT2D eigenvalue weighted by atomic mass is 9.76. The van der Waals surface area contributed by atoms with E-state index >= 15 is 0 Å². The molecule has 1 atom stereocenters. The summed E-state index contributed by atoms with van der Waals surface area (Å²) in [7, 11) is 1.43. The van der Waals surface area contributed by atoms with Crippen molar-refractivity contribution in [3.63, 3.8) is 0 Å². The molecule has 0 aromatic heterocycles. The van der Waals surface area contributed by atoms with Crippen LogP contribution in [0.1, 0.15) is 65.1 Å². The van der Waals surface area contributed by atoms with Gasteiger partial charge in [-0.05, 0) is 56.1 Å². The minimum absolute atomic E-state index is 0.160. The fourth-order valence-corrected chi connectivity index (χ4v) is 4.60. The van der Waals surface area contributed by atoms with Crippen molar-refractivity contribution in [2.24, 2.45) is 5.92 Å². The molecular weight excluding hydrogens is 352 g/mol. The second-order valence-corrected chi connectivity index (χ2v) is 8.01. The van der Waals surface area contributed by atoms with Crippen LogP contribution in [0.5, 0.6) is 0 Å². The maximum Gasteiger partial charge on any atom is 0.341 e. The number of fused-ring (bicyclic) bond motifs is 1. The number of aryl methyl sites for hydroxylation is 1. The SMILES string of the molecule is COC1(C(=O)CC2CCC(c3ccc(C)cc3)CC2)OC(=O)c2ccccc21. The number of carbonyl (C=O) groups excluding carboxylic acids is 2. The lowest BCUT2D eigenvalue weighted by Crippen LogP contribution is -2.39. The van der Waals surface area contributed by atoms with Crippen LogP contribution in [-0.2, 0) is 20.1 Å². The molecule has 1 aliphatic heterocycles. The van der Waals surface area contributed by atoms with Gasteiger partial charge in [-0.15, -0.1) is 0 Å². The summed E-state index contributed by atoms with van der Waals surface area (Å²) in [6.45, 7) is 2.10. The second-order valence-electron chi connectivity index (χ2n) is 8.01. The Hall–Kier alpha value is -2.46. The van der Waals surface area contributed by atoms with Crippen LogP contribution < -0.4 is 0 Å². The summed E-state index contributed by atoms with van der Waals surface area (Å²) in [5.74, 6) is -1.37. The number of rotatable bonds is 5.